The molecule has 1 aromatic rings. The van der Waals surface area contributed by atoms with Crippen molar-refractivity contribution in [3.63, 3.8) is 0 Å². The van der Waals surface area contributed by atoms with Gasteiger partial charge in [-0.3, -0.25) is 0 Å². The molecule has 0 amide bonds. The monoisotopic (exact) mass is 215 g/mol. The Morgan fingerprint density at radius 1 is 1.36 bits per heavy atom. The van der Waals surface area contributed by atoms with E-state index in [4.69, 9.17) is 11.6 Å². The van der Waals surface area contributed by atoms with Gasteiger partial charge in [-0.05, 0) is 36.1 Å². The molecule has 6 heteroatoms. The number of hydrogen-bond acceptors (Lipinski definition) is 4. The number of aromatic nitrogens is 4. The molecule has 5 nitrogen and oxygen atoms in total. The Morgan fingerprint density at radius 3 is 2.64 bits per heavy atom. The van der Waals surface area contributed by atoms with Gasteiger partial charge in [0.15, 0.2) is 0 Å². The van der Waals surface area contributed by atoms with E-state index in [1.54, 1.807) is 4.68 Å². The number of alkyl halides is 1. The number of tetrazole rings is 1. The third kappa shape index (κ3) is 2.15. The van der Waals surface area contributed by atoms with E-state index in [9.17, 15) is 0 Å². The number of halogens is 1. The fraction of sp³-hybridized carbons (Fsp3) is 0.875. The Hall–Kier alpha value is -0.840. The van der Waals surface area contributed by atoms with Crippen LogP contribution in [-0.4, -0.2) is 31.6 Å². The molecule has 1 aromatic heterocycles. The van der Waals surface area contributed by atoms with Crippen LogP contribution in [0.2, 0.25) is 0 Å². The molecule has 0 unspecified atom stereocenters. The Kier molecular flexibility index (Phi) is 2.86. The summed E-state index contributed by atoms with van der Waals surface area (Å²) in [4.78, 5) is 0. The topological polar surface area (TPSA) is 55.6 Å². The van der Waals surface area contributed by atoms with Gasteiger partial charge in [0.05, 0.1) is 0 Å². The molecule has 0 spiro atoms. The molecule has 1 aliphatic rings. The quantitative estimate of drug-likeness (QED) is 0.753. The van der Waals surface area contributed by atoms with E-state index in [-0.39, 0.29) is 0 Å². The highest BCUT2D eigenvalue weighted by molar-refractivity contribution is 6.20. The van der Waals surface area contributed by atoms with Crippen molar-refractivity contribution in [2.75, 3.05) is 5.32 Å². The van der Waals surface area contributed by atoms with E-state index in [1.165, 1.54) is 0 Å². The zero-order chi connectivity index (χ0) is 9.97. The second-order valence-electron chi connectivity index (χ2n) is 3.72. The largest absolute Gasteiger partial charge is 0.350 e. The van der Waals surface area contributed by atoms with E-state index in [0.717, 1.165) is 31.6 Å². The number of aryl methyl sites for hydroxylation is 1. The Balaban J connectivity index is 1.89. The summed E-state index contributed by atoms with van der Waals surface area (Å²) in [5.74, 6) is 0.739. The molecular formula is C8H14ClN5. The second kappa shape index (κ2) is 4.13. The van der Waals surface area contributed by atoms with Gasteiger partial charge >= 0.3 is 0 Å². The molecule has 1 aliphatic carbocycles. The molecule has 14 heavy (non-hydrogen) atoms. The van der Waals surface area contributed by atoms with E-state index >= 15 is 0 Å². The van der Waals surface area contributed by atoms with Crippen LogP contribution in [0.4, 0.5) is 5.95 Å². The lowest BCUT2D eigenvalue weighted by Crippen LogP contribution is -2.27. The average molecular weight is 216 g/mol. The highest BCUT2D eigenvalue weighted by atomic mass is 35.5. The van der Waals surface area contributed by atoms with Gasteiger partial charge in [-0.2, -0.15) is 0 Å². The van der Waals surface area contributed by atoms with Crippen LogP contribution in [0, 0.1) is 0 Å². The maximum atomic E-state index is 6.02. The minimum Gasteiger partial charge on any atom is -0.350 e. The molecule has 1 saturated carbocycles. The van der Waals surface area contributed by atoms with Crippen LogP contribution in [0.1, 0.15) is 25.7 Å². The van der Waals surface area contributed by atoms with E-state index < -0.39 is 0 Å². The lowest BCUT2D eigenvalue weighted by molar-refractivity contribution is 0.465. The van der Waals surface area contributed by atoms with Crippen molar-refractivity contribution in [3.8, 4) is 0 Å². The van der Waals surface area contributed by atoms with Gasteiger partial charge < -0.3 is 5.32 Å². The molecule has 2 rings (SSSR count). The summed E-state index contributed by atoms with van der Waals surface area (Å²) in [6, 6.07) is 0.467. The fourth-order valence-corrected chi connectivity index (χ4v) is 1.98. The van der Waals surface area contributed by atoms with Gasteiger partial charge in [-0.25, -0.2) is 4.68 Å². The first-order valence-electron chi connectivity index (χ1n) is 4.88. The smallest absolute Gasteiger partial charge is 0.242 e. The van der Waals surface area contributed by atoms with E-state index in [0.29, 0.717) is 11.4 Å². The maximum absolute atomic E-state index is 6.02. The highest BCUT2D eigenvalue weighted by Gasteiger charge is 2.20. The van der Waals surface area contributed by atoms with E-state index in [1.807, 2.05) is 7.05 Å². The molecule has 1 fully saturated rings. The normalized spacial score (nSPS) is 27.6. The summed E-state index contributed by atoms with van der Waals surface area (Å²) in [6.45, 7) is 0. The van der Waals surface area contributed by atoms with Gasteiger partial charge in [0.2, 0.25) is 5.95 Å². The molecule has 1 heterocycles. The molecular weight excluding hydrogens is 202 g/mol. The van der Waals surface area contributed by atoms with Crippen LogP contribution in [0.3, 0.4) is 0 Å². The zero-order valence-corrected chi connectivity index (χ0v) is 8.91. The summed E-state index contributed by atoms with van der Waals surface area (Å²) in [5, 5.41) is 14.9. The lowest BCUT2D eigenvalue weighted by atomic mass is 9.95. The summed E-state index contributed by atoms with van der Waals surface area (Å²) in [5.41, 5.74) is 0. The number of anilines is 1. The minimum atomic E-state index is 0.352. The predicted octanol–water partition coefficient (Wildman–Crippen LogP) is 1.17. The van der Waals surface area contributed by atoms with Gasteiger partial charge in [0.1, 0.15) is 0 Å². The minimum absolute atomic E-state index is 0.352. The van der Waals surface area contributed by atoms with Crippen LogP contribution in [0.15, 0.2) is 0 Å². The van der Waals surface area contributed by atoms with Gasteiger partial charge in [0.25, 0.3) is 0 Å². The van der Waals surface area contributed by atoms with Crippen molar-refractivity contribution >= 4 is 17.5 Å². The molecule has 0 atom stereocenters. The summed E-state index contributed by atoms with van der Waals surface area (Å²) in [7, 11) is 1.83. The molecule has 78 valence electrons. The molecule has 0 aromatic carbocycles. The van der Waals surface area contributed by atoms with Crippen molar-refractivity contribution in [1.82, 2.24) is 20.2 Å². The Bertz CT molecular complexity index is 292. The zero-order valence-electron chi connectivity index (χ0n) is 8.15. The molecule has 0 radical (unpaired) electrons. The second-order valence-corrected chi connectivity index (χ2v) is 4.34. The number of hydrogen-bond donors (Lipinski definition) is 1. The molecule has 0 aliphatic heterocycles. The van der Waals surface area contributed by atoms with Gasteiger partial charge in [-0.15, -0.1) is 11.6 Å². The molecule has 0 bridgehead atoms. The highest BCUT2D eigenvalue weighted by Crippen LogP contribution is 2.24. The average Bonchev–Trinajstić information content (AvgIpc) is 2.56. The standard InChI is InChI=1S/C8H14ClN5/c1-14-8(11-12-13-14)10-7-4-2-6(9)3-5-7/h6-7H,2-5H2,1H3,(H,10,11,13). The summed E-state index contributed by atoms with van der Waals surface area (Å²) >= 11 is 6.02. The first-order valence-corrected chi connectivity index (χ1v) is 5.32. The first kappa shape index (κ1) is 9.71. The predicted molar refractivity (Wildman–Crippen MR) is 54.3 cm³/mol. The Labute approximate surface area is 87.8 Å². The first-order chi connectivity index (χ1) is 6.75. The lowest BCUT2D eigenvalue weighted by Gasteiger charge is -2.25. The van der Waals surface area contributed by atoms with Crippen molar-refractivity contribution in [2.45, 2.75) is 37.1 Å². The van der Waals surface area contributed by atoms with Crippen molar-refractivity contribution in [1.29, 1.82) is 0 Å². The van der Waals surface area contributed by atoms with Crippen LogP contribution < -0.4 is 5.32 Å². The summed E-state index contributed by atoms with van der Waals surface area (Å²) < 4.78 is 1.65. The molecule has 1 N–H and O–H groups in total. The fourth-order valence-electron chi connectivity index (χ4n) is 1.73. The van der Waals surface area contributed by atoms with Crippen LogP contribution in [0.25, 0.3) is 0 Å². The maximum Gasteiger partial charge on any atom is 0.242 e. The Morgan fingerprint density at radius 2 is 2.07 bits per heavy atom. The van der Waals surface area contributed by atoms with E-state index in [2.05, 4.69) is 20.8 Å². The third-order valence-electron chi connectivity index (χ3n) is 2.61. The molecule has 0 saturated heterocycles. The van der Waals surface area contributed by atoms with Crippen molar-refractivity contribution in [3.05, 3.63) is 0 Å². The van der Waals surface area contributed by atoms with Gasteiger partial charge in [-0.1, -0.05) is 5.10 Å². The third-order valence-corrected chi connectivity index (χ3v) is 3.05. The SMILES string of the molecule is Cn1nnnc1NC1CCC(Cl)CC1. The van der Waals surface area contributed by atoms with Crippen LogP contribution >= 0.6 is 11.6 Å². The van der Waals surface area contributed by atoms with Crippen molar-refractivity contribution in [2.24, 2.45) is 7.05 Å². The number of nitrogens with one attached hydrogen (secondary N) is 1. The number of rotatable bonds is 2. The number of nitrogens with zero attached hydrogens (tertiary/aromatic N) is 4. The van der Waals surface area contributed by atoms with Crippen LogP contribution in [0.5, 0.6) is 0 Å². The summed E-state index contributed by atoms with van der Waals surface area (Å²) in [6.07, 6.45) is 4.34. The van der Waals surface area contributed by atoms with Gasteiger partial charge in [0, 0.05) is 18.5 Å². The van der Waals surface area contributed by atoms with Crippen LogP contribution in [-0.2, 0) is 7.05 Å². The van der Waals surface area contributed by atoms with Crippen molar-refractivity contribution < 1.29 is 0 Å².